The number of pyridine rings is 1. The van der Waals surface area contributed by atoms with Gasteiger partial charge >= 0.3 is 12.1 Å². The number of aromatic carboxylic acids is 1. The van der Waals surface area contributed by atoms with E-state index in [9.17, 15) is 18.0 Å². The Morgan fingerprint density at radius 3 is 2.58 bits per heavy atom. The average molecular weight is 274 g/mol. The lowest BCUT2D eigenvalue weighted by molar-refractivity contribution is -0.141. The number of carboxylic acid groups (broad SMARTS) is 1. The molecule has 1 saturated carbocycles. The minimum atomic E-state index is -4.58. The number of halogens is 3. The minimum absolute atomic E-state index is 0.130. The summed E-state index contributed by atoms with van der Waals surface area (Å²) in [6.07, 6.45) is -2.54. The molecule has 0 aromatic carbocycles. The number of carboxylic acids is 1. The Kier molecular flexibility index (Phi) is 3.38. The SMILES string of the molecule is CN(CC1CC1)c1nc(C(F)(F)F)ccc1C(=O)O. The van der Waals surface area contributed by atoms with Crippen LogP contribution in [0.1, 0.15) is 28.9 Å². The summed E-state index contributed by atoms with van der Waals surface area (Å²) in [7, 11) is 1.56. The first kappa shape index (κ1) is 13.6. The second kappa shape index (κ2) is 4.71. The van der Waals surface area contributed by atoms with Crippen LogP contribution in [-0.4, -0.2) is 29.7 Å². The highest BCUT2D eigenvalue weighted by atomic mass is 19.4. The number of hydrogen-bond donors (Lipinski definition) is 1. The molecule has 0 saturated heterocycles. The van der Waals surface area contributed by atoms with Crippen LogP contribution in [0.4, 0.5) is 19.0 Å². The van der Waals surface area contributed by atoms with Gasteiger partial charge in [-0.05, 0) is 30.9 Å². The summed E-state index contributed by atoms with van der Waals surface area (Å²) in [5.41, 5.74) is -1.29. The molecule has 1 N–H and O–H groups in total. The first-order valence-corrected chi connectivity index (χ1v) is 5.81. The standard InChI is InChI=1S/C12H13F3N2O2/c1-17(6-7-2-3-7)10-8(11(18)19)4-5-9(16-10)12(13,14)15/h4-5,7H,2-3,6H2,1H3,(H,18,19). The van der Waals surface area contributed by atoms with Crippen LogP contribution >= 0.6 is 0 Å². The summed E-state index contributed by atoms with van der Waals surface area (Å²) in [5.74, 6) is -0.990. The van der Waals surface area contributed by atoms with Crippen molar-refractivity contribution in [1.29, 1.82) is 0 Å². The molecule has 1 aliphatic rings. The molecule has 0 radical (unpaired) electrons. The van der Waals surface area contributed by atoms with Gasteiger partial charge in [0.1, 0.15) is 17.1 Å². The number of carbonyl (C=O) groups is 1. The maximum atomic E-state index is 12.6. The number of nitrogens with zero attached hydrogens (tertiary/aromatic N) is 2. The highest BCUT2D eigenvalue weighted by molar-refractivity contribution is 5.93. The van der Waals surface area contributed by atoms with E-state index >= 15 is 0 Å². The summed E-state index contributed by atoms with van der Waals surface area (Å²) in [4.78, 5) is 16.0. The topological polar surface area (TPSA) is 53.4 Å². The zero-order chi connectivity index (χ0) is 14.2. The van der Waals surface area contributed by atoms with Crippen LogP contribution < -0.4 is 4.90 Å². The second-order valence-electron chi connectivity index (χ2n) is 4.69. The maximum Gasteiger partial charge on any atom is 0.433 e. The first-order chi connectivity index (χ1) is 8.79. The van der Waals surface area contributed by atoms with Crippen molar-refractivity contribution in [2.45, 2.75) is 19.0 Å². The van der Waals surface area contributed by atoms with E-state index in [0.29, 0.717) is 18.5 Å². The molecule has 0 unspecified atom stereocenters. The van der Waals surface area contributed by atoms with E-state index in [0.717, 1.165) is 18.9 Å². The number of rotatable bonds is 4. The zero-order valence-corrected chi connectivity index (χ0v) is 10.2. The fourth-order valence-electron chi connectivity index (χ4n) is 1.84. The number of hydrogen-bond acceptors (Lipinski definition) is 3. The Morgan fingerprint density at radius 1 is 1.47 bits per heavy atom. The summed E-state index contributed by atoms with van der Waals surface area (Å²) in [6, 6.07) is 1.65. The highest BCUT2D eigenvalue weighted by Crippen LogP contribution is 2.33. The Balaban J connectivity index is 2.37. The van der Waals surface area contributed by atoms with Gasteiger partial charge in [-0.2, -0.15) is 13.2 Å². The van der Waals surface area contributed by atoms with Gasteiger partial charge in [0.15, 0.2) is 0 Å². The van der Waals surface area contributed by atoms with Gasteiger partial charge in [-0.25, -0.2) is 9.78 Å². The molecular formula is C12H13F3N2O2. The van der Waals surface area contributed by atoms with E-state index in [-0.39, 0.29) is 11.4 Å². The molecule has 104 valence electrons. The Labute approximate surface area is 107 Å². The van der Waals surface area contributed by atoms with E-state index in [2.05, 4.69) is 4.98 Å². The lowest BCUT2D eigenvalue weighted by atomic mass is 10.2. The maximum absolute atomic E-state index is 12.6. The van der Waals surface area contributed by atoms with Crippen molar-refractivity contribution in [1.82, 2.24) is 4.98 Å². The van der Waals surface area contributed by atoms with Crippen LogP contribution in [0.5, 0.6) is 0 Å². The van der Waals surface area contributed by atoms with E-state index in [1.807, 2.05) is 0 Å². The van der Waals surface area contributed by atoms with Crippen molar-refractivity contribution in [3.05, 3.63) is 23.4 Å². The molecule has 0 spiro atoms. The molecule has 1 aromatic heterocycles. The largest absolute Gasteiger partial charge is 0.478 e. The van der Waals surface area contributed by atoms with Crippen LogP contribution in [0.25, 0.3) is 0 Å². The Hall–Kier alpha value is -1.79. The summed E-state index contributed by atoms with van der Waals surface area (Å²) in [6.45, 7) is 0.522. The molecule has 4 nitrogen and oxygen atoms in total. The fraction of sp³-hybridized carbons (Fsp3) is 0.500. The van der Waals surface area contributed by atoms with Gasteiger partial charge < -0.3 is 10.0 Å². The van der Waals surface area contributed by atoms with Crippen molar-refractivity contribution in [2.75, 3.05) is 18.5 Å². The smallest absolute Gasteiger partial charge is 0.433 e. The van der Waals surface area contributed by atoms with Crippen LogP contribution in [0.2, 0.25) is 0 Å². The molecule has 0 atom stereocenters. The second-order valence-corrected chi connectivity index (χ2v) is 4.69. The van der Waals surface area contributed by atoms with Gasteiger partial charge in [0.25, 0.3) is 0 Å². The highest BCUT2D eigenvalue weighted by Gasteiger charge is 2.34. The van der Waals surface area contributed by atoms with E-state index in [1.54, 1.807) is 7.05 Å². The third-order valence-corrected chi connectivity index (χ3v) is 2.99. The third kappa shape index (κ3) is 3.15. The monoisotopic (exact) mass is 274 g/mol. The predicted octanol–water partition coefficient (Wildman–Crippen LogP) is 2.64. The van der Waals surface area contributed by atoms with Gasteiger partial charge in [0, 0.05) is 13.6 Å². The van der Waals surface area contributed by atoms with Gasteiger partial charge in [-0.15, -0.1) is 0 Å². The molecule has 7 heteroatoms. The van der Waals surface area contributed by atoms with Crippen LogP contribution in [0.15, 0.2) is 12.1 Å². The number of anilines is 1. The molecule has 0 amide bonds. The van der Waals surface area contributed by atoms with Crippen LogP contribution in [0, 0.1) is 5.92 Å². The van der Waals surface area contributed by atoms with E-state index in [1.165, 1.54) is 4.90 Å². The molecule has 1 heterocycles. The normalized spacial score (nSPS) is 15.4. The molecule has 1 fully saturated rings. The van der Waals surface area contributed by atoms with Crippen molar-refractivity contribution in [3.63, 3.8) is 0 Å². The van der Waals surface area contributed by atoms with Gasteiger partial charge in [0.05, 0.1) is 0 Å². The summed E-state index contributed by atoms with van der Waals surface area (Å²) in [5, 5.41) is 9.01. The van der Waals surface area contributed by atoms with Crippen LogP contribution in [0.3, 0.4) is 0 Å². The minimum Gasteiger partial charge on any atom is -0.478 e. The predicted molar refractivity (Wildman–Crippen MR) is 62.2 cm³/mol. The van der Waals surface area contributed by atoms with E-state index in [4.69, 9.17) is 5.11 Å². The molecule has 0 aliphatic heterocycles. The average Bonchev–Trinajstić information content (AvgIpc) is 3.10. The lowest BCUT2D eigenvalue weighted by Crippen LogP contribution is -2.25. The van der Waals surface area contributed by atoms with Crippen molar-refractivity contribution < 1.29 is 23.1 Å². The fourth-order valence-corrected chi connectivity index (χ4v) is 1.84. The molecule has 0 bridgehead atoms. The third-order valence-electron chi connectivity index (χ3n) is 2.99. The Morgan fingerprint density at radius 2 is 2.11 bits per heavy atom. The van der Waals surface area contributed by atoms with Crippen molar-refractivity contribution >= 4 is 11.8 Å². The van der Waals surface area contributed by atoms with Gasteiger partial charge in [-0.1, -0.05) is 0 Å². The first-order valence-electron chi connectivity index (χ1n) is 5.81. The van der Waals surface area contributed by atoms with Crippen molar-refractivity contribution in [2.24, 2.45) is 5.92 Å². The molecule has 1 aromatic rings. The number of alkyl halides is 3. The lowest BCUT2D eigenvalue weighted by Gasteiger charge is -2.21. The van der Waals surface area contributed by atoms with Crippen LogP contribution in [-0.2, 0) is 6.18 Å². The van der Waals surface area contributed by atoms with Gasteiger partial charge in [-0.3, -0.25) is 0 Å². The summed E-state index contributed by atoms with van der Waals surface area (Å²) < 4.78 is 37.8. The molecular weight excluding hydrogens is 261 g/mol. The van der Waals surface area contributed by atoms with E-state index < -0.39 is 17.8 Å². The quantitative estimate of drug-likeness (QED) is 0.917. The molecule has 1 aliphatic carbocycles. The van der Waals surface area contributed by atoms with Crippen molar-refractivity contribution in [3.8, 4) is 0 Å². The number of aromatic nitrogens is 1. The molecule has 19 heavy (non-hydrogen) atoms. The van der Waals surface area contributed by atoms with Gasteiger partial charge in [0.2, 0.25) is 0 Å². The Bertz CT molecular complexity index is 498. The molecule has 2 rings (SSSR count). The zero-order valence-electron chi connectivity index (χ0n) is 10.2. The summed E-state index contributed by atoms with van der Waals surface area (Å²) >= 11 is 0.